The lowest BCUT2D eigenvalue weighted by molar-refractivity contribution is -0.136. The fourth-order valence-corrected chi connectivity index (χ4v) is 5.35. The van der Waals surface area contributed by atoms with Crippen molar-refractivity contribution < 1.29 is 27.5 Å². The molecule has 6 nitrogen and oxygen atoms in total. The van der Waals surface area contributed by atoms with E-state index in [0.717, 1.165) is 17.4 Å². The Morgan fingerprint density at radius 2 is 1.90 bits per heavy atom. The number of alkyl halides is 3. The fraction of sp³-hybridized carbons (Fsp3) is 0.550. The number of piperidine rings is 1. The van der Waals surface area contributed by atoms with Gasteiger partial charge in [0.25, 0.3) is 5.91 Å². The van der Waals surface area contributed by atoms with Gasteiger partial charge in [0.15, 0.2) is 0 Å². The van der Waals surface area contributed by atoms with Gasteiger partial charge in [-0.05, 0) is 39.7 Å². The first-order valence-electron chi connectivity index (χ1n) is 9.75. The van der Waals surface area contributed by atoms with Crippen molar-refractivity contribution in [3.63, 3.8) is 0 Å². The second kappa shape index (κ2) is 8.85. The number of hydrogen-bond donors (Lipinski definition) is 1. The van der Waals surface area contributed by atoms with Gasteiger partial charge in [0, 0.05) is 30.8 Å². The minimum absolute atomic E-state index is 0.00630. The van der Waals surface area contributed by atoms with Crippen LogP contribution in [0.3, 0.4) is 0 Å². The minimum atomic E-state index is -4.55. The summed E-state index contributed by atoms with van der Waals surface area (Å²) in [6, 6.07) is 1.05. The van der Waals surface area contributed by atoms with Gasteiger partial charge in [-0.15, -0.1) is 23.1 Å². The van der Waals surface area contributed by atoms with Crippen LogP contribution in [0.5, 0.6) is 0 Å². The highest BCUT2D eigenvalue weighted by Gasteiger charge is 2.36. The SMILES string of the molecule is CNC(=O)c1csc2c(C(F)(F)F)cc(SC3CCN(C(=O)OC(C)(C)C)CC3)nc12. The molecule has 2 aromatic heterocycles. The van der Waals surface area contributed by atoms with Crippen LogP contribution in [0.25, 0.3) is 10.2 Å². The van der Waals surface area contributed by atoms with Gasteiger partial charge in [-0.3, -0.25) is 4.79 Å². The molecule has 170 valence electrons. The highest BCUT2D eigenvalue weighted by Crippen LogP contribution is 2.41. The molecule has 0 aliphatic carbocycles. The predicted octanol–water partition coefficient (Wildman–Crippen LogP) is 5.17. The largest absolute Gasteiger partial charge is 0.444 e. The summed E-state index contributed by atoms with van der Waals surface area (Å²) in [6.45, 7) is 6.31. The van der Waals surface area contributed by atoms with Crippen LogP contribution in [-0.2, 0) is 10.9 Å². The molecule has 0 atom stereocenters. The lowest BCUT2D eigenvalue weighted by Crippen LogP contribution is -2.42. The molecule has 2 amide bonds. The second-order valence-electron chi connectivity index (χ2n) is 8.20. The summed E-state index contributed by atoms with van der Waals surface area (Å²) >= 11 is 2.11. The number of fused-ring (bicyclic) bond motifs is 1. The van der Waals surface area contributed by atoms with Crippen molar-refractivity contribution in [3.8, 4) is 0 Å². The van der Waals surface area contributed by atoms with Crippen LogP contribution in [0.1, 0.15) is 49.5 Å². The standard InChI is InChI=1S/C20H24F3N3O3S2/c1-19(2,3)29-18(28)26-7-5-11(6-8-26)31-14-9-13(20(21,22)23)16-15(25-14)12(10-30-16)17(27)24-4/h9-11H,5-8H2,1-4H3,(H,24,27). The van der Waals surface area contributed by atoms with Crippen LogP contribution in [0.2, 0.25) is 0 Å². The number of nitrogens with zero attached hydrogens (tertiary/aromatic N) is 2. The lowest BCUT2D eigenvalue weighted by Gasteiger charge is -2.33. The van der Waals surface area contributed by atoms with Crippen molar-refractivity contribution in [1.29, 1.82) is 0 Å². The van der Waals surface area contributed by atoms with E-state index in [1.165, 1.54) is 24.2 Å². The first kappa shape index (κ1) is 23.6. The molecule has 0 aromatic carbocycles. The van der Waals surface area contributed by atoms with Crippen molar-refractivity contribution in [2.75, 3.05) is 20.1 Å². The van der Waals surface area contributed by atoms with Crippen molar-refractivity contribution in [2.45, 2.75) is 55.7 Å². The number of thioether (sulfide) groups is 1. The Balaban J connectivity index is 1.79. The smallest absolute Gasteiger partial charge is 0.417 e. The zero-order valence-corrected chi connectivity index (χ0v) is 19.3. The van der Waals surface area contributed by atoms with Gasteiger partial charge in [0.2, 0.25) is 0 Å². The molecule has 1 saturated heterocycles. The molecule has 1 N–H and O–H groups in total. The molecule has 3 heterocycles. The number of pyridine rings is 1. The third-order valence-electron chi connectivity index (χ3n) is 4.66. The molecule has 3 rings (SSSR count). The fourth-order valence-electron chi connectivity index (χ4n) is 3.21. The molecular weight excluding hydrogens is 451 g/mol. The number of aromatic nitrogens is 1. The number of rotatable bonds is 3. The summed E-state index contributed by atoms with van der Waals surface area (Å²) in [5.74, 6) is -0.473. The van der Waals surface area contributed by atoms with Crippen molar-refractivity contribution in [3.05, 3.63) is 22.6 Å². The van der Waals surface area contributed by atoms with Gasteiger partial charge in [-0.2, -0.15) is 13.2 Å². The molecule has 0 bridgehead atoms. The molecule has 2 aromatic rings. The first-order chi connectivity index (χ1) is 14.4. The summed E-state index contributed by atoms with van der Waals surface area (Å²) in [6.07, 6.45) is -3.72. The van der Waals surface area contributed by atoms with E-state index in [1.54, 1.807) is 25.7 Å². The van der Waals surface area contributed by atoms with Crippen molar-refractivity contribution in [1.82, 2.24) is 15.2 Å². The monoisotopic (exact) mass is 475 g/mol. The maximum atomic E-state index is 13.7. The number of likely N-dealkylation sites (tertiary alicyclic amines) is 1. The van der Waals surface area contributed by atoms with Crippen molar-refractivity contribution in [2.24, 2.45) is 0 Å². The van der Waals surface area contributed by atoms with E-state index < -0.39 is 23.2 Å². The van der Waals surface area contributed by atoms with Crippen LogP contribution < -0.4 is 5.32 Å². The maximum absolute atomic E-state index is 13.7. The molecule has 1 aliphatic heterocycles. The second-order valence-corrected chi connectivity index (χ2v) is 10.4. The van der Waals surface area contributed by atoms with E-state index in [4.69, 9.17) is 4.74 Å². The van der Waals surface area contributed by atoms with Crippen LogP contribution in [0.15, 0.2) is 16.5 Å². The van der Waals surface area contributed by atoms with Crippen LogP contribution in [-0.4, -0.2) is 52.9 Å². The Hall–Kier alpha value is -2.01. The molecule has 0 spiro atoms. The van der Waals surface area contributed by atoms with Gasteiger partial charge in [-0.1, -0.05) is 0 Å². The van der Waals surface area contributed by atoms with Crippen LogP contribution in [0, 0.1) is 0 Å². The molecule has 0 radical (unpaired) electrons. The van der Waals surface area contributed by atoms with Gasteiger partial charge in [0.05, 0.1) is 26.4 Å². The van der Waals surface area contributed by atoms with E-state index in [2.05, 4.69) is 10.3 Å². The molecule has 31 heavy (non-hydrogen) atoms. The zero-order valence-electron chi connectivity index (χ0n) is 17.6. The number of carbonyl (C=O) groups is 2. The highest BCUT2D eigenvalue weighted by molar-refractivity contribution is 7.99. The van der Waals surface area contributed by atoms with Gasteiger partial charge >= 0.3 is 12.3 Å². The number of halogens is 3. The van der Waals surface area contributed by atoms with Gasteiger partial charge in [0.1, 0.15) is 5.60 Å². The Bertz CT molecular complexity index is 978. The van der Waals surface area contributed by atoms with Crippen molar-refractivity contribution >= 4 is 45.3 Å². The van der Waals surface area contributed by atoms with E-state index in [1.807, 2.05) is 0 Å². The van der Waals surface area contributed by atoms with Crippen LogP contribution in [0.4, 0.5) is 18.0 Å². The number of nitrogens with one attached hydrogen (secondary N) is 1. The highest BCUT2D eigenvalue weighted by atomic mass is 32.2. The number of thiophene rings is 1. The predicted molar refractivity (Wildman–Crippen MR) is 115 cm³/mol. The molecule has 0 saturated carbocycles. The molecule has 0 unspecified atom stereocenters. The number of amides is 2. The molecule has 1 aliphatic rings. The Morgan fingerprint density at radius 1 is 1.26 bits per heavy atom. The van der Waals surface area contributed by atoms with Crippen LogP contribution >= 0.6 is 23.1 Å². The summed E-state index contributed by atoms with van der Waals surface area (Å²) in [5.41, 5.74) is -1.17. The third-order valence-corrected chi connectivity index (χ3v) is 6.92. The Labute approximate surface area is 186 Å². The first-order valence-corrected chi connectivity index (χ1v) is 11.5. The number of ether oxygens (including phenoxy) is 1. The quantitative estimate of drug-likeness (QED) is 0.664. The summed E-state index contributed by atoms with van der Waals surface area (Å²) < 4.78 is 46.3. The molecular formula is C20H24F3N3O3S2. The van der Waals surface area contributed by atoms with E-state index in [0.29, 0.717) is 25.9 Å². The topological polar surface area (TPSA) is 71.5 Å². The van der Waals surface area contributed by atoms with E-state index >= 15 is 0 Å². The summed E-state index contributed by atoms with van der Waals surface area (Å²) in [7, 11) is 1.42. The van der Waals surface area contributed by atoms with E-state index in [9.17, 15) is 22.8 Å². The Kier molecular flexibility index (Phi) is 6.75. The number of hydrogen-bond acceptors (Lipinski definition) is 6. The average molecular weight is 476 g/mol. The molecule has 11 heteroatoms. The zero-order chi connectivity index (χ0) is 23.0. The third kappa shape index (κ3) is 5.62. The van der Waals surface area contributed by atoms with E-state index in [-0.39, 0.29) is 32.1 Å². The van der Waals surface area contributed by atoms with Gasteiger partial charge in [-0.25, -0.2) is 9.78 Å². The normalized spacial score (nSPS) is 15.9. The summed E-state index contributed by atoms with van der Waals surface area (Å²) in [5, 5.41) is 4.07. The average Bonchev–Trinajstić information content (AvgIpc) is 3.09. The lowest BCUT2D eigenvalue weighted by atomic mass is 10.1. The summed E-state index contributed by atoms with van der Waals surface area (Å²) in [4.78, 5) is 30.3. The number of carbonyl (C=O) groups excluding carboxylic acids is 2. The van der Waals surface area contributed by atoms with Gasteiger partial charge < -0.3 is 15.0 Å². The maximum Gasteiger partial charge on any atom is 0.417 e. The Morgan fingerprint density at radius 3 is 2.45 bits per heavy atom. The minimum Gasteiger partial charge on any atom is -0.444 e. The molecule has 1 fully saturated rings.